The van der Waals surface area contributed by atoms with Gasteiger partial charge in [0.1, 0.15) is 0 Å². The molecule has 0 aromatic carbocycles. The average molecular weight is 548 g/mol. The smallest absolute Gasteiger partial charge is 0.394 e. The van der Waals surface area contributed by atoms with E-state index in [-0.39, 0.29) is 50.8 Å². The Morgan fingerprint density at radius 3 is 1.23 bits per heavy atom. The van der Waals surface area contributed by atoms with Gasteiger partial charge in [-0.25, -0.2) is 20.9 Å². The molecule has 196 valence electrons. The molecule has 0 aliphatic heterocycles. The van der Waals surface area contributed by atoms with Crippen LogP contribution in [0.2, 0.25) is 0 Å². The van der Waals surface area contributed by atoms with Crippen LogP contribution in [0.3, 0.4) is 0 Å². The van der Waals surface area contributed by atoms with Crippen molar-refractivity contribution in [1.82, 2.24) is 39.9 Å². The number of nitrogens with one attached hydrogen (secondary N) is 6. The van der Waals surface area contributed by atoms with Gasteiger partial charge in [0, 0.05) is 0 Å². The lowest BCUT2D eigenvalue weighted by Crippen LogP contribution is -2.11. The fourth-order valence-corrected chi connectivity index (χ4v) is 1.79. The quantitative estimate of drug-likeness (QED) is 0.0864. The normalized spacial score (nSPS) is 10.5. The molecule has 0 bridgehead atoms. The first kappa shape index (κ1) is 30.9. The second kappa shape index (κ2) is 13.0. The molecular weight excluding hydrogens is 532 g/mol. The summed E-state index contributed by atoms with van der Waals surface area (Å²) in [5, 5.41) is 16.9. The Kier molecular flexibility index (Phi) is 11.5. The van der Waals surface area contributed by atoms with E-state index in [0.717, 1.165) is 0 Å². The highest BCUT2D eigenvalue weighted by Crippen LogP contribution is 2.01. The third-order valence-electron chi connectivity index (χ3n) is 2.80. The first-order chi connectivity index (χ1) is 15.6. The van der Waals surface area contributed by atoms with Gasteiger partial charge in [0.15, 0.2) is 22.3 Å². The van der Waals surface area contributed by atoms with Gasteiger partial charge < -0.3 is 15.4 Å². The summed E-state index contributed by atoms with van der Waals surface area (Å²) in [6.07, 6.45) is 2.71. The topological polar surface area (TPSA) is 394 Å². The number of H-pyrrole nitrogens is 4. The Morgan fingerprint density at radius 2 is 0.971 bits per heavy atom. The SMILES string of the molecule is O.O=S(=O)(O)O.O=S(=O)(O)O.O=c1[nH]c(NO)nc2nc[nH]c12.O=c1[nH]c(NO)nc2nc[nH]c12. The molecule has 0 fully saturated rings. The molecule has 0 unspecified atom stereocenters. The standard InChI is InChI=1S/2C5H5N5O2.2H2O4S.H2O/c2*11-4-2-3(7-1-6-2)8-5(9-4)10-12;2*1-5(2,3)4;/h2*1,12H,(H3,6,7,8,9,10,11);2*(H2,1,2,3,4);1H2. The summed E-state index contributed by atoms with van der Waals surface area (Å²) in [4.78, 5) is 47.0. The molecule has 35 heavy (non-hydrogen) atoms. The molecule has 4 aromatic heterocycles. The largest absolute Gasteiger partial charge is 0.412 e. The summed E-state index contributed by atoms with van der Waals surface area (Å²) >= 11 is 0. The molecule has 0 saturated carbocycles. The van der Waals surface area contributed by atoms with Gasteiger partial charge in [0.25, 0.3) is 11.1 Å². The lowest BCUT2D eigenvalue weighted by atomic mass is 10.5. The van der Waals surface area contributed by atoms with Crippen molar-refractivity contribution in [3.05, 3.63) is 33.4 Å². The number of hydrogen-bond acceptors (Lipinski definition) is 14. The van der Waals surface area contributed by atoms with Crippen LogP contribution in [-0.2, 0) is 20.8 Å². The van der Waals surface area contributed by atoms with Crippen LogP contribution in [0, 0.1) is 0 Å². The van der Waals surface area contributed by atoms with Gasteiger partial charge in [0.2, 0.25) is 11.9 Å². The number of rotatable bonds is 2. The Balaban J connectivity index is 0.000000475. The first-order valence-electron chi connectivity index (χ1n) is 7.69. The maximum absolute atomic E-state index is 11.1. The van der Waals surface area contributed by atoms with Crippen molar-refractivity contribution in [2.45, 2.75) is 0 Å². The molecule has 0 spiro atoms. The Labute approximate surface area is 190 Å². The number of aromatic nitrogens is 8. The third-order valence-corrected chi connectivity index (χ3v) is 2.80. The fourth-order valence-electron chi connectivity index (χ4n) is 1.79. The number of anilines is 2. The maximum Gasteiger partial charge on any atom is 0.394 e. The van der Waals surface area contributed by atoms with Crippen molar-refractivity contribution in [3.8, 4) is 0 Å². The number of nitrogens with zero attached hydrogens (tertiary/aromatic N) is 4. The molecule has 4 rings (SSSR count). The summed E-state index contributed by atoms with van der Waals surface area (Å²) in [5.41, 5.74) is 3.79. The van der Waals surface area contributed by atoms with E-state index in [0.29, 0.717) is 0 Å². The van der Waals surface area contributed by atoms with E-state index in [1.807, 2.05) is 0 Å². The molecule has 25 heteroatoms. The van der Waals surface area contributed by atoms with Gasteiger partial charge in [-0.2, -0.15) is 26.8 Å². The maximum atomic E-state index is 11.1. The lowest BCUT2D eigenvalue weighted by Gasteiger charge is -1.94. The number of fused-ring (bicyclic) bond motifs is 2. The number of aromatic amines is 4. The zero-order chi connectivity index (χ0) is 26.1. The summed E-state index contributed by atoms with van der Waals surface area (Å²) in [6, 6.07) is 0. The average Bonchev–Trinajstić information content (AvgIpc) is 3.35. The summed E-state index contributed by atoms with van der Waals surface area (Å²) in [6.45, 7) is 0. The second-order valence-electron chi connectivity index (χ2n) is 5.15. The highest BCUT2D eigenvalue weighted by Gasteiger charge is 2.04. The molecule has 0 atom stereocenters. The minimum atomic E-state index is -4.67. The van der Waals surface area contributed by atoms with Crippen LogP contribution in [0.4, 0.5) is 11.9 Å². The molecule has 4 aromatic rings. The van der Waals surface area contributed by atoms with Gasteiger partial charge in [0.05, 0.1) is 12.7 Å². The van der Waals surface area contributed by atoms with Gasteiger partial charge >= 0.3 is 20.8 Å². The van der Waals surface area contributed by atoms with Crippen molar-refractivity contribution in [3.63, 3.8) is 0 Å². The molecule has 4 heterocycles. The zero-order valence-electron chi connectivity index (χ0n) is 16.4. The highest BCUT2D eigenvalue weighted by atomic mass is 32.3. The second-order valence-corrected chi connectivity index (χ2v) is 6.94. The van der Waals surface area contributed by atoms with Crippen molar-refractivity contribution < 1.29 is 50.9 Å². The molecular formula is C10H16N10O13S2. The van der Waals surface area contributed by atoms with Crippen molar-refractivity contribution in [2.75, 3.05) is 11.0 Å². The minimum absolute atomic E-state index is 0. The van der Waals surface area contributed by atoms with E-state index in [4.69, 9.17) is 45.5 Å². The highest BCUT2D eigenvalue weighted by molar-refractivity contribution is 7.80. The first-order valence-corrected chi connectivity index (χ1v) is 10.5. The van der Waals surface area contributed by atoms with Crippen LogP contribution in [0.25, 0.3) is 22.3 Å². The van der Waals surface area contributed by atoms with E-state index in [1.54, 1.807) is 11.0 Å². The summed E-state index contributed by atoms with van der Waals surface area (Å²) in [5.74, 6) is -0.0563. The summed E-state index contributed by atoms with van der Waals surface area (Å²) in [7, 11) is -9.33. The number of imidazole rings is 2. The van der Waals surface area contributed by atoms with Crippen molar-refractivity contribution in [1.29, 1.82) is 0 Å². The lowest BCUT2D eigenvalue weighted by molar-refractivity contribution is 0.378. The van der Waals surface area contributed by atoms with Gasteiger partial charge in [-0.15, -0.1) is 0 Å². The molecule has 23 nitrogen and oxygen atoms in total. The van der Waals surface area contributed by atoms with Crippen LogP contribution >= 0.6 is 0 Å². The molecule has 0 saturated heterocycles. The Hall–Kier alpha value is -4.08. The Morgan fingerprint density at radius 1 is 0.686 bits per heavy atom. The molecule has 0 radical (unpaired) electrons. The van der Waals surface area contributed by atoms with E-state index in [1.165, 1.54) is 12.7 Å². The van der Waals surface area contributed by atoms with Gasteiger partial charge in [-0.3, -0.25) is 48.2 Å². The van der Waals surface area contributed by atoms with E-state index in [2.05, 4.69) is 39.9 Å². The zero-order valence-corrected chi connectivity index (χ0v) is 18.0. The molecule has 14 N–H and O–H groups in total. The monoisotopic (exact) mass is 548 g/mol. The third kappa shape index (κ3) is 12.1. The van der Waals surface area contributed by atoms with Crippen LogP contribution in [0.1, 0.15) is 0 Å². The van der Waals surface area contributed by atoms with E-state index >= 15 is 0 Å². The summed E-state index contributed by atoms with van der Waals surface area (Å²) < 4.78 is 63.2. The minimum Gasteiger partial charge on any atom is -0.412 e. The fraction of sp³-hybridized carbons (Fsp3) is 0. The number of hydrogen-bond donors (Lipinski definition) is 12. The van der Waals surface area contributed by atoms with E-state index in [9.17, 15) is 9.59 Å². The van der Waals surface area contributed by atoms with Crippen LogP contribution in [-0.4, -0.2) is 90.8 Å². The van der Waals surface area contributed by atoms with Gasteiger partial charge in [-0.05, 0) is 0 Å². The van der Waals surface area contributed by atoms with Crippen LogP contribution in [0.5, 0.6) is 0 Å². The Bertz CT molecular complexity index is 1420. The van der Waals surface area contributed by atoms with Crippen molar-refractivity contribution in [2.24, 2.45) is 0 Å². The van der Waals surface area contributed by atoms with Crippen LogP contribution < -0.4 is 22.1 Å². The molecule has 0 aliphatic carbocycles. The van der Waals surface area contributed by atoms with Crippen LogP contribution in [0.15, 0.2) is 22.2 Å². The predicted octanol–water partition coefficient (Wildman–Crippen LogP) is -3.24. The predicted molar refractivity (Wildman–Crippen MR) is 112 cm³/mol. The van der Waals surface area contributed by atoms with E-state index < -0.39 is 20.8 Å². The van der Waals surface area contributed by atoms with Crippen molar-refractivity contribution >= 4 is 55.0 Å². The molecule has 0 amide bonds. The molecule has 0 aliphatic rings. The van der Waals surface area contributed by atoms with Gasteiger partial charge in [-0.1, -0.05) is 0 Å².